The maximum Gasteiger partial charge on any atom is 0.698 e. The Bertz CT molecular complexity index is 682. The molecule has 0 amide bonds. The molecule has 0 aliphatic carbocycles. The van der Waals surface area contributed by atoms with Gasteiger partial charge in [-0.2, -0.15) is 4.74 Å². The summed E-state index contributed by atoms with van der Waals surface area (Å²) in [6, 6.07) is 12.2. The molecule has 0 N–H and O–H groups in total. The van der Waals surface area contributed by atoms with E-state index in [2.05, 4.69) is 6.72 Å². The number of hydrogen-bond donors (Lipinski definition) is 0. The van der Waals surface area contributed by atoms with Crippen LogP contribution in [0.1, 0.15) is 11.1 Å². The first-order chi connectivity index (χ1) is 11.5. The van der Waals surface area contributed by atoms with E-state index in [1.54, 1.807) is 24.3 Å². The van der Waals surface area contributed by atoms with Gasteiger partial charge in [-0.3, -0.25) is 10.1 Å². The van der Waals surface area contributed by atoms with Crippen molar-refractivity contribution in [3.05, 3.63) is 75.0 Å². The maximum absolute atomic E-state index is 11.7. The predicted octanol–water partition coefficient (Wildman–Crippen LogP) is 3.83. The van der Waals surface area contributed by atoms with E-state index in [9.17, 15) is 19.9 Å². The van der Waals surface area contributed by atoms with Crippen molar-refractivity contribution in [1.82, 2.24) is 0 Å². The molecule has 9 heteroatoms. The van der Waals surface area contributed by atoms with Crippen LogP contribution < -0.4 is 0 Å². The zero-order chi connectivity index (χ0) is 17.5. The molecule has 1 unspecified atom stereocenters. The first-order valence-corrected chi connectivity index (χ1v) is 7.88. The Morgan fingerprint density at radius 3 is 1.67 bits per heavy atom. The van der Waals surface area contributed by atoms with Crippen molar-refractivity contribution in [2.75, 3.05) is 0 Å². The monoisotopic (exact) mass is 349 g/mol. The first-order valence-electron chi connectivity index (χ1n) is 6.79. The molecule has 0 aliphatic rings. The van der Waals surface area contributed by atoms with Gasteiger partial charge in [0, 0.05) is 28.8 Å². The van der Waals surface area contributed by atoms with Gasteiger partial charge < -0.3 is 5.21 Å². The van der Waals surface area contributed by atoms with Crippen molar-refractivity contribution >= 4 is 26.3 Å². The molecule has 0 fully saturated rings. The van der Waals surface area contributed by atoms with Crippen LogP contribution in [0.4, 0.5) is 11.4 Å². The Hall–Kier alpha value is -2.67. The van der Waals surface area contributed by atoms with Gasteiger partial charge in [0.2, 0.25) is 5.69 Å². The van der Waals surface area contributed by atoms with Crippen molar-refractivity contribution in [2.24, 2.45) is 0 Å². The van der Waals surface area contributed by atoms with E-state index in [1.165, 1.54) is 24.3 Å². The quantitative estimate of drug-likeness (QED) is 0.179. The van der Waals surface area contributed by atoms with E-state index in [1.807, 2.05) is 0 Å². The van der Waals surface area contributed by atoms with Gasteiger partial charge >= 0.3 is 8.25 Å². The van der Waals surface area contributed by atoms with Crippen LogP contribution in [0.15, 0.2) is 48.5 Å². The minimum Gasteiger partial charge on any atom is -0.619 e. The van der Waals surface area contributed by atoms with Gasteiger partial charge in [-0.1, -0.05) is 0 Å². The first kappa shape index (κ1) is 17.7. The number of nitro benzene ring substituents is 1. The predicted molar refractivity (Wildman–Crippen MR) is 87.1 cm³/mol. The fraction of sp³-hybridized carbons (Fsp3) is 0.133. The molecule has 0 radical (unpaired) electrons. The highest BCUT2D eigenvalue weighted by atomic mass is 31.1. The summed E-state index contributed by atoms with van der Waals surface area (Å²) in [7, 11) is -2.34. The molecule has 0 heterocycles. The molecule has 0 bridgehead atoms. The number of rotatable bonds is 8. The van der Waals surface area contributed by atoms with Gasteiger partial charge in [-0.25, -0.2) is 0 Å². The molecule has 124 valence electrons. The molecule has 0 spiro atoms. The van der Waals surface area contributed by atoms with Crippen molar-refractivity contribution in [3.63, 3.8) is 0 Å². The van der Waals surface area contributed by atoms with E-state index in [0.717, 1.165) is 5.56 Å². The fourth-order valence-corrected chi connectivity index (χ4v) is 2.35. The molecule has 0 saturated heterocycles. The normalized spacial score (nSPS) is 11.1. The van der Waals surface area contributed by atoms with Crippen molar-refractivity contribution in [3.8, 4) is 0 Å². The molecule has 1 atom stereocenters. The number of nitrogens with zero attached hydrogens (tertiary/aromatic N) is 2. The SMILES string of the molecule is C=[N+]([O-])c1ccc(CO[P+](=O)OCc2ccc([N+](=O)[O-])cc2)cc1. The Kier molecular flexibility index (Phi) is 6.08. The molecule has 0 saturated carbocycles. The summed E-state index contributed by atoms with van der Waals surface area (Å²) >= 11 is 0. The molecular weight excluding hydrogens is 335 g/mol. The summed E-state index contributed by atoms with van der Waals surface area (Å²) in [5, 5.41) is 21.5. The van der Waals surface area contributed by atoms with E-state index in [0.29, 0.717) is 16.0 Å². The van der Waals surface area contributed by atoms with E-state index in [4.69, 9.17) is 9.05 Å². The lowest BCUT2D eigenvalue weighted by Gasteiger charge is -2.00. The zero-order valence-electron chi connectivity index (χ0n) is 12.5. The molecule has 8 nitrogen and oxygen atoms in total. The molecule has 0 aliphatic heterocycles. The Morgan fingerprint density at radius 1 is 0.875 bits per heavy atom. The van der Waals surface area contributed by atoms with Gasteiger partial charge in [-0.15, -0.1) is 9.05 Å². The minimum atomic E-state index is -2.34. The van der Waals surface area contributed by atoms with Gasteiger partial charge in [0.25, 0.3) is 5.69 Å². The van der Waals surface area contributed by atoms with Gasteiger partial charge in [0.1, 0.15) is 19.9 Å². The highest BCUT2D eigenvalue weighted by molar-refractivity contribution is 7.33. The smallest absolute Gasteiger partial charge is 0.619 e. The Labute approximate surface area is 138 Å². The largest absolute Gasteiger partial charge is 0.698 e. The summed E-state index contributed by atoms with van der Waals surface area (Å²) < 4.78 is 22.3. The summed E-state index contributed by atoms with van der Waals surface area (Å²) in [5.41, 5.74) is 1.74. The Morgan fingerprint density at radius 2 is 1.29 bits per heavy atom. The number of hydrogen-bond acceptors (Lipinski definition) is 6. The van der Waals surface area contributed by atoms with Crippen LogP contribution in [0.25, 0.3) is 0 Å². The lowest BCUT2D eigenvalue weighted by atomic mass is 10.2. The second kappa shape index (κ2) is 8.26. The third-order valence-electron chi connectivity index (χ3n) is 3.04. The second-order valence-electron chi connectivity index (χ2n) is 4.74. The summed E-state index contributed by atoms with van der Waals surface area (Å²) in [6.07, 6.45) is 0. The average molecular weight is 349 g/mol. The lowest BCUT2D eigenvalue weighted by molar-refractivity contribution is -0.384. The number of non-ortho nitro benzene ring substituents is 1. The van der Waals surface area contributed by atoms with Gasteiger partial charge in [-0.05, 0) is 35.4 Å². The summed E-state index contributed by atoms with van der Waals surface area (Å²) in [6.45, 7) is 3.30. The topological polar surface area (TPSA) is 105 Å². The number of benzene rings is 2. The van der Waals surface area contributed by atoms with Gasteiger partial charge in [0.15, 0.2) is 0 Å². The minimum absolute atomic E-state index is 0.0127. The fourth-order valence-electron chi connectivity index (χ4n) is 1.76. The molecule has 2 aromatic rings. The Balaban J connectivity index is 1.78. The van der Waals surface area contributed by atoms with Crippen LogP contribution in [-0.2, 0) is 26.8 Å². The molecular formula is C15H14N2O6P+. The second-order valence-corrected chi connectivity index (χ2v) is 5.70. The highest BCUT2D eigenvalue weighted by Gasteiger charge is 2.21. The standard InChI is InChI=1S/C15H14N2O6P/c1-16(18)14-6-2-12(3-7-14)10-22-24(21)23-11-13-4-8-15(9-5-13)17(19)20/h2-9H,1,10-11H2/q+1. The van der Waals surface area contributed by atoms with Crippen LogP contribution in [0.5, 0.6) is 0 Å². The highest BCUT2D eigenvalue weighted by Crippen LogP contribution is 2.28. The third kappa shape index (κ3) is 5.20. The van der Waals surface area contributed by atoms with E-state index in [-0.39, 0.29) is 18.9 Å². The van der Waals surface area contributed by atoms with Crippen LogP contribution in [0, 0.1) is 15.3 Å². The van der Waals surface area contributed by atoms with Crippen LogP contribution in [0.2, 0.25) is 0 Å². The zero-order valence-corrected chi connectivity index (χ0v) is 13.4. The lowest BCUT2D eigenvalue weighted by Crippen LogP contribution is -1.93. The summed E-state index contributed by atoms with van der Waals surface area (Å²) in [4.78, 5) is 10.0. The van der Waals surface area contributed by atoms with Crippen molar-refractivity contribution in [2.45, 2.75) is 13.2 Å². The molecule has 0 aromatic heterocycles. The summed E-state index contributed by atoms with van der Waals surface area (Å²) in [5.74, 6) is 0. The van der Waals surface area contributed by atoms with Gasteiger partial charge in [0.05, 0.1) is 4.92 Å². The van der Waals surface area contributed by atoms with Crippen molar-refractivity contribution < 1.29 is 23.3 Å². The molecule has 2 aromatic carbocycles. The molecule has 24 heavy (non-hydrogen) atoms. The number of nitro groups is 1. The van der Waals surface area contributed by atoms with Crippen LogP contribution in [0.3, 0.4) is 0 Å². The molecule has 2 rings (SSSR count). The van der Waals surface area contributed by atoms with E-state index >= 15 is 0 Å². The van der Waals surface area contributed by atoms with Crippen LogP contribution >= 0.6 is 8.25 Å². The van der Waals surface area contributed by atoms with Crippen LogP contribution in [-0.4, -0.2) is 16.4 Å². The van der Waals surface area contributed by atoms with Crippen molar-refractivity contribution in [1.29, 1.82) is 0 Å². The average Bonchev–Trinajstić information content (AvgIpc) is 2.58. The maximum atomic E-state index is 11.7. The van der Waals surface area contributed by atoms with E-state index < -0.39 is 13.2 Å². The third-order valence-corrected chi connectivity index (χ3v) is 3.72.